The van der Waals surface area contributed by atoms with Gasteiger partial charge in [0.25, 0.3) is 0 Å². The van der Waals surface area contributed by atoms with Crippen LogP contribution in [0.2, 0.25) is 10.0 Å². The van der Waals surface area contributed by atoms with Crippen LogP contribution in [0.5, 0.6) is 0 Å². The highest BCUT2D eigenvalue weighted by Crippen LogP contribution is 2.29. The quantitative estimate of drug-likeness (QED) is 0.614. The van der Waals surface area contributed by atoms with E-state index in [9.17, 15) is 18.5 Å². The van der Waals surface area contributed by atoms with Gasteiger partial charge in [-0.2, -0.15) is 9.57 Å². The molecule has 0 bridgehead atoms. The average molecular weight is 495 g/mol. The van der Waals surface area contributed by atoms with Crippen LogP contribution in [0.4, 0.5) is 0 Å². The number of carbonyl (C=O) groups excluding carboxylic acids is 1. The van der Waals surface area contributed by atoms with Gasteiger partial charge in [-0.25, -0.2) is 8.42 Å². The lowest BCUT2D eigenvalue weighted by Crippen LogP contribution is -2.52. The van der Waals surface area contributed by atoms with Gasteiger partial charge >= 0.3 is 0 Å². The number of hydrogen-bond acceptors (Lipinski definition) is 5. The predicted molar refractivity (Wildman–Crippen MR) is 124 cm³/mol. The van der Waals surface area contributed by atoms with Crippen molar-refractivity contribution < 1.29 is 13.2 Å². The Morgan fingerprint density at radius 1 is 1.16 bits per heavy atom. The summed E-state index contributed by atoms with van der Waals surface area (Å²) in [6.07, 6.45) is 0. The summed E-state index contributed by atoms with van der Waals surface area (Å²) in [5.41, 5.74) is 0.987. The molecule has 0 radical (unpaired) electrons. The molecule has 0 aromatic heterocycles. The van der Waals surface area contributed by atoms with Gasteiger partial charge in [-0.15, -0.1) is 0 Å². The number of benzene rings is 2. The Kier molecular flexibility index (Phi) is 7.80. The second-order valence-corrected chi connectivity index (χ2v) is 10.4. The zero-order valence-corrected chi connectivity index (χ0v) is 20.2. The number of nitriles is 1. The van der Waals surface area contributed by atoms with E-state index < -0.39 is 10.0 Å². The summed E-state index contributed by atoms with van der Waals surface area (Å²) < 4.78 is 27.3. The smallest absolute Gasteiger partial charge is 0.244 e. The normalized spacial score (nSPS) is 16.1. The molecule has 1 aliphatic rings. The van der Waals surface area contributed by atoms with Crippen LogP contribution in [-0.2, 0) is 14.8 Å². The topological polar surface area (TPSA) is 84.7 Å². The van der Waals surface area contributed by atoms with Crippen LogP contribution in [0.15, 0.2) is 47.4 Å². The minimum atomic E-state index is -3.80. The number of rotatable bonds is 6. The van der Waals surface area contributed by atoms with Crippen molar-refractivity contribution in [1.82, 2.24) is 14.1 Å². The minimum Gasteiger partial charge on any atom is -0.339 e. The first kappa shape index (κ1) is 24.5. The number of carbonyl (C=O) groups is 1. The Hall–Kier alpha value is -2.15. The molecule has 3 rings (SSSR count). The Morgan fingerprint density at radius 2 is 1.81 bits per heavy atom. The van der Waals surface area contributed by atoms with Gasteiger partial charge in [-0.3, -0.25) is 9.69 Å². The molecule has 0 spiro atoms. The molecule has 1 saturated heterocycles. The average Bonchev–Trinajstić information content (AvgIpc) is 2.78. The highest BCUT2D eigenvalue weighted by molar-refractivity contribution is 7.89. The van der Waals surface area contributed by atoms with E-state index in [4.69, 9.17) is 23.2 Å². The summed E-state index contributed by atoms with van der Waals surface area (Å²) in [6, 6.07) is 13.2. The van der Waals surface area contributed by atoms with E-state index in [2.05, 4.69) is 0 Å². The van der Waals surface area contributed by atoms with E-state index in [0.29, 0.717) is 10.0 Å². The van der Waals surface area contributed by atoms with Crippen molar-refractivity contribution in [1.29, 1.82) is 5.26 Å². The second-order valence-electron chi connectivity index (χ2n) is 7.65. The third-order valence-electron chi connectivity index (χ3n) is 5.68. The third-order valence-corrected chi connectivity index (χ3v) is 8.19. The number of hydrogen-bond donors (Lipinski definition) is 0. The Bertz CT molecular complexity index is 1140. The summed E-state index contributed by atoms with van der Waals surface area (Å²) in [4.78, 5) is 16.4. The molecule has 170 valence electrons. The molecule has 0 saturated carbocycles. The van der Waals surface area contributed by atoms with Crippen LogP contribution < -0.4 is 0 Å². The first-order valence-electron chi connectivity index (χ1n) is 10.1. The van der Waals surface area contributed by atoms with E-state index >= 15 is 0 Å². The third kappa shape index (κ3) is 5.25. The van der Waals surface area contributed by atoms with Crippen molar-refractivity contribution in [3.05, 3.63) is 63.6 Å². The lowest BCUT2D eigenvalue weighted by molar-refractivity contribution is -0.133. The SMILES string of the molecule is CC(c1ccc(Cl)cc1Cl)N(C)CC(=O)N1CCN(S(=O)(=O)c2ccccc2C#N)CC1. The fraction of sp³-hybridized carbons (Fsp3) is 0.364. The van der Waals surface area contributed by atoms with Crippen LogP contribution in [0.25, 0.3) is 0 Å². The highest BCUT2D eigenvalue weighted by Gasteiger charge is 2.32. The second kappa shape index (κ2) is 10.2. The molecule has 1 unspecified atom stereocenters. The summed E-state index contributed by atoms with van der Waals surface area (Å²) in [5.74, 6) is -0.0843. The lowest BCUT2D eigenvalue weighted by Gasteiger charge is -2.35. The van der Waals surface area contributed by atoms with Crippen LogP contribution in [0.1, 0.15) is 24.1 Å². The standard InChI is InChI=1S/C22H24Cl2N4O3S/c1-16(19-8-7-18(23)13-20(19)24)26(2)15-22(29)27-9-11-28(12-10-27)32(30,31)21-6-4-3-5-17(21)14-25/h3-8,13,16H,9-12,15H2,1-2H3. The molecule has 7 nitrogen and oxygen atoms in total. The van der Waals surface area contributed by atoms with Gasteiger partial charge in [-0.05, 0) is 43.8 Å². The fourth-order valence-electron chi connectivity index (χ4n) is 3.63. The van der Waals surface area contributed by atoms with Crippen LogP contribution in [0, 0.1) is 11.3 Å². The van der Waals surface area contributed by atoms with Crippen molar-refractivity contribution in [2.24, 2.45) is 0 Å². The zero-order valence-electron chi connectivity index (χ0n) is 17.8. The van der Waals surface area contributed by atoms with Gasteiger partial charge in [0.15, 0.2) is 0 Å². The number of sulfonamides is 1. The Balaban J connectivity index is 1.61. The predicted octanol–water partition coefficient (Wildman–Crippen LogP) is 3.39. The summed E-state index contributed by atoms with van der Waals surface area (Å²) >= 11 is 12.3. The van der Waals surface area contributed by atoms with Gasteiger partial charge in [0.1, 0.15) is 6.07 Å². The van der Waals surface area contributed by atoms with Crippen molar-refractivity contribution in [3.8, 4) is 6.07 Å². The van der Waals surface area contributed by atoms with Crippen molar-refractivity contribution in [2.75, 3.05) is 39.8 Å². The Morgan fingerprint density at radius 3 is 2.44 bits per heavy atom. The summed E-state index contributed by atoms with van der Waals surface area (Å²) in [6.45, 7) is 3.06. The van der Waals surface area contributed by atoms with E-state index in [1.165, 1.54) is 16.4 Å². The molecule has 32 heavy (non-hydrogen) atoms. The molecule has 0 aliphatic carbocycles. The lowest BCUT2D eigenvalue weighted by atomic mass is 10.1. The molecule has 2 aromatic carbocycles. The largest absolute Gasteiger partial charge is 0.339 e. The van der Waals surface area contributed by atoms with Crippen molar-refractivity contribution in [2.45, 2.75) is 17.9 Å². The first-order chi connectivity index (χ1) is 15.1. The molecular weight excluding hydrogens is 471 g/mol. The number of likely N-dealkylation sites (N-methyl/N-ethyl adjacent to an activating group) is 1. The van der Waals surface area contributed by atoms with Crippen LogP contribution in [-0.4, -0.2) is 68.2 Å². The van der Waals surface area contributed by atoms with E-state index in [1.807, 2.05) is 31.0 Å². The molecule has 2 aromatic rings. The number of halogens is 2. The summed E-state index contributed by atoms with van der Waals surface area (Å²) in [7, 11) is -1.96. The molecule has 1 atom stereocenters. The monoisotopic (exact) mass is 494 g/mol. The molecule has 1 amide bonds. The number of nitrogens with zero attached hydrogens (tertiary/aromatic N) is 4. The van der Waals surface area contributed by atoms with Crippen molar-refractivity contribution in [3.63, 3.8) is 0 Å². The zero-order chi connectivity index (χ0) is 23.5. The number of piperazine rings is 1. The van der Waals surface area contributed by atoms with E-state index in [-0.39, 0.29) is 55.1 Å². The van der Waals surface area contributed by atoms with E-state index in [0.717, 1.165) is 5.56 Å². The molecule has 1 fully saturated rings. The minimum absolute atomic E-state index is 0.00400. The Labute approximate surface area is 198 Å². The van der Waals surface area contributed by atoms with Gasteiger partial charge in [0.2, 0.25) is 15.9 Å². The fourth-order valence-corrected chi connectivity index (χ4v) is 5.76. The number of amides is 1. The van der Waals surface area contributed by atoms with E-state index in [1.54, 1.807) is 29.2 Å². The summed E-state index contributed by atoms with van der Waals surface area (Å²) in [5, 5.41) is 10.3. The molecule has 1 heterocycles. The highest BCUT2D eigenvalue weighted by atomic mass is 35.5. The maximum atomic E-state index is 13.0. The maximum Gasteiger partial charge on any atom is 0.244 e. The molecule has 0 N–H and O–H groups in total. The van der Waals surface area contributed by atoms with Crippen LogP contribution in [0.3, 0.4) is 0 Å². The van der Waals surface area contributed by atoms with Gasteiger partial charge < -0.3 is 4.90 Å². The van der Waals surface area contributed by atoms with Gasteiger partial charge in [0, 0.05) is 42.3 Å². The molecular formula is C22H24Cl2N4O3S. The molecule has 1 aliphatic heterocycles. The first-order valence-corrected chi connectivity index (χ1v) is 12.3. The maximum absolute atomic E-state index is 13.0. The van der Waals surface area contributed by atoms with Crippen LogP contribution >= 0.6 is 23.2 Å². The molecule has 10 heteroatoms. The van der Waals surface area contributed by atoms with Gasteiger partial charge in [0.05, 0.1) is 17.0 Å². The van der Waals surface area contributed by atoms with Crippen molar-refractivity contribution >= 4 is 39.1 Å². The van der Waals surface area contributed by atoms with Gasteiger partial charge in [-0.1, -0.05) is 41.4 Å².